The first-order valence-electron chi connectivity index (χ1n) is 8.30. The standard InChI is InChI=1S/C18H29NO2/c1-15-8-9-17(18(13-15)20-3)21-12-5-4-10-19-11-6-7-16(2)14-19/h8-9,13,16H,4-7,10-12,14H2,1-3H3/p+1/t16-/m1/s1. The van der Waals surface area contributed by atoms with Crippen molar-refractivity contribution in [1.29, 1.82) is 0 Å². The highest BCUT2D eigenvalue weighted by Crippen LogP contribution is 2.27. The van der Waals surface area contributed by atoms with E-state index in [4.69, 9.17) is 9.47 Å². The van der Waals surface area contributed by atoms with Crippen LogP contribution < -0.4 is 14.4 Å². The van der Waals surface area contributed by atoms with Crippen LogP contribution in [0.1, 0.15) is 38.2 Å². The molecule has 1 aliphatic heterocycles. The number of nitrogens with one attached hydrogen (secondary N) is 1. The van der Waals surface area contributed by atoms with Crippen LogP contribution >= 0.6 is 0 Å². The molecule has 1 saturated heterocycles. The topological polar surface area (TPSA) is 22.9 Å². The van der Waals surface area contributed by atoms with Gasteiger partial charge in [0.15, 0.2) is 11.5 Å². The van der Waals surface area contributed by atoms with Gasteiger partial charge >= 0.3 is 0 Å². The first-order valence-corrected chi connectivity index (χ1v) is 8.30. The number of rotatable bonds is 7. The average Bonchev–Trinajstić information content (AvgIpc) is 2.48. The van der Waals surface area contributed by atoms with Crippen LogP contribution in [0, 0.1) is 12.8 Å². The van der Waals surface area contributed by atoms with E-state index in [0.717, 1.165) is 30.4 Å². The van der Waals surface area contributed by atoms with Crippen LogP contribution in [0.4, 0.5) is 0 Å². The molecule has 0 radical (unpaired) electrons. The summed E-state index contributed by atoms with van der Waals surface area (Å²) in [5.41, 5.74) is 1.20. The van der Waals surface area contributed by atoms with Crippen LogP contribution in [0.25, 0.3) is 0 Å². The molecule has 1 unspecified atom stereocenters. The predicted octanol–water partition coefficient (Wildman–Crippen LogP) is 2.48. The summed E-state index contributed by atoms with van der Waals surface area (Å²) in [6.07, 6.45) is 5.18. The normalized spacial score (nSPS) is 22.0. The van der Waals surface area contributed by atoms with Gasteiger partial charge in [0, 0.05) is 5.92 Å². The predicted molar refractivity (Wildman–Crippen MR) is 86.4 cm³/mol. The molecule has 0 aliphatic carbocycles. The molecule has 1 N–H and O–H groups in total. The Morgan fingerprint density at radius 2 is 2.10 bits per heavy atom. The first-order chi connectivity index (χ1) is 10.2. The quantitative estimate of drug-likeness (QED) is 0.780. The summed E-state index contributed by atoms with van der Waals surface area (Å²) in [7, 11) is 1.70. The van der Waals surface area contributed by atoms with E-state index in [0.29, 0.717) is 0 Å². The van der Waals surface area contributed by atoms with Gasteiger partial charge < -0.3 is 14.4 Å². The lowest BCUT2D eigenvalue weighted by Crippen LogP contribution is -3.13. The van der Waals surface area contributed by atoms with E-state index >= 15 is 0 Å². The molecular weight excluding hydrogens is 262 g/mol. The summed E-state index contributed by atoms with van der Waals surface area (Å²) in [6, 6.07) is 6.09. The SMILES string of the molecule is COc1cc(C)ccc1OCCCC[NH+]1CCC[C@@H](C)C1. The molecule has 21 heavy (non-hydrogen) atoms. The van der Waals surface area contributed by atoms with E-state index in [1.807, 2.05) is 12.1 Å². The van der Waals surface area contributed by atoms with E-state index in [2.05, 4.69) is 19.9 Å². The number of piperidine rings is 1. The van der Waals surface area contributed by atoms with Crippen molar-refractivity contribution >= 4 is 0 Å². The highest BCUT2D eigenvalue weighted by molar-refractivity contribution is 5.42. The highest BCUT2D eigenvalue weighted by atomic mass is 16.5. The molecule has 3 nitrogen and oxygen atoms in total. The zero-order valence-electron chi connectivity index (χ0n) is 13.8. The maximum absolute atomic E-state index is 5.86. The fraction of sp³-hybridized carbons (Fsp3) is 0.667. The van der Waals surface area contributed by atoms with E-state index in [1.54, 1.807) is 12.0 Å². The summed E-state index contributed by atoms with van der Waals surface area (Å²) in [5.74, 6) is 2.61. The third kappa shape index (κ3) is 5.24. The van der Waals surface area contributed by atoms with Crippen LogP contribution in [0.3, 0.4) is 0 Å². The average molecular weight is 292 g/mol. The molecule has 1 fully saturated rings. The van der Waals surface area contributed by atoms with Gasteiger partial charge in [-0.25, -0.2) is 0 Å². The van der Waals surface area contributed by atoms with Gasteiger partial charge in [-0.05, 0) is 50.3 Å². The van der Waals surface area contributed by atoms with E-state index in [9.17, 15) is 0 Å². The van der Waals surface area contributed by atoms with Crippen LogP contribution in [0.15, 0.2) is 18.2 Å². The molecule has 1 aromatic rings. The monoisotopic (exact) mass is 292 g/mol. The van der Waals surface area contributed by atoms with Crippen molar-refractivity contribution in [3.05, 3.63) is 23.8 Å². The molecule has 1 heterocycles. The highest BCUT2D eigenvalue weighted by Gasteiger charge is 2.18. The fourth-order valence-corrected chi connectivity index (χ4v) is 3.18. The van der Waals surface area contributed by atoms with Crippen LogP contribution in [0.2, 0.25) is 0 Å². The summed E-state index contributed by atoms with van der Waals surface area (Å²) < 4.78 is 11.2. The third-order valence-electron chi connectivity index (χ3n) is 4.37. The smallest absolute Gasteiger partial charge is 0.161 e. The molecule has 0 saturated carbocycles. The van der Waals surface area contributed by atoms with E-state index < -0.39 is 0 Å². The Hall–Kier alpha value is -1.22. The van der Waals surface area contributed by atoms with Crippen LogP contribution in [-0.2, 0) is 0 Å². The molecular formula is C18H30NO2+. The number of aryl methyl sites for hydroxylation is 1. The Morgan fingerprint density at radius 1 is 1.24 bits per heavy atom. The Kier molecular flexibility index (Phi) is 6.37. The molecule has 0 bridgehead atoms. The van der Waals surface area contributed by atoms with Gasteiger partial charge in [-0.1, -0.05) is 13.0 Å². The Balaban J connectivity index is 1.65. The van der Waals surface area contributed by atoms with Crippen molar-refractivity contribution in [3.63, 3.8) is 0 Å². The van der Waals surface area contributed by atoms with Crippen molar-refractivity contribution < 1.29 is 14.4 Å². The summed E-state index contributed by atoms with van der Waals surface area (Å²) in [4.78, 5) is 1.78. The van der Waals surface area contributed by atoms with Crippen LogP contribution in [-0.4, -0.2) is 33.4 Å². The molecule has 118 valence electrons. The maximum atomic E-state index is 5.86. The number of hydrogen-bond donors (Lipinski definition) is 1. The molecule has 0 spiro atoms. The number of quaternary nitrogens is 1. The second-order valence-corrected chi connectivity index (χ2v) is 6.41. The second-order valence-electron chi connectivity index (χ2n) is 6.41. The van der Waals surface area contributed by atoms with Gasteiger partial charge in [-0.15, -0.1) is 0 Å². The minimum Gasteiger partial charge on any atom is -0.493 e. The number of ether oxygens (including phenoxy) is 2. The number of hydrogen-bond acceptors (Lipinski definition) is 2. The lowest BCUT2D eigenvalue weighted by Gasteiger charge is -2.27. The molecule has 1 aliphatic rings. The van der Waals surface area contributed by atoms with Gasteiger partial charge in [0.1, 0.15) is 0 Å². The van der Waals surface area contributed by atoms with E-state index in [1.165, 1.54) is 44.5 Å². The largest absolute Gasteiger partial charge is 0.493 e. The van der Waals surface area contributed by atoms with Gasteiger partial charge in [0.2, 0.25) is 0 Å². The van der Waals surface area contributed by atoms with Crippen molar-refractivity contribution in [1.82, 2.24) is 0 Å². The zero-order valence-corrected chi connectivity index (χ0v) is 13.8. The number of likely N-dealkylation sites (tertiary alicyclic amines) is 1. The minimum atomic E-state index is 0.780. The van der Waals surface area contributed by atoms with Crippen LogP contribution in [0.5, 0.6) is 11.5 Å². The van der Waals surface area contributed by atoms with Gasteiger partial charge in [-0.3, -0.25) is 0 Å². The first kappa shape index (κ1) is 16.2. The number of methoxy groups -OCH3 is 1. The molecule has 2 rings (SSSR count). The summed E-state index contributed by atoms with van der Waals surface area (Å²) in [5, 5.41) is 0. The number of unbranched alkanes of at least 4 members (excludes halogenated alkanes) is 1. The second kappa shape index (κ2) is 8.28. The van der Waals surface area contributed by atoms with Gasteiger partial charge in [0.25, 0.3) is 0 Å². The van der Waals surface area contributed by atoms with Crippen molar-refractivity contribution in [2.45, 2.75) is 39.5 Å². The molecule has 0 amide bonds. The zero-order chi connectivity index (χ0) is 15.1. The van der Waals surface area contributed by atoms with Gasteiger partial charge in [-0.2, -0.15) is 0 Å². The maximum Gasteiger partial charge on any atom is 0.161 e. The fourth-order valence-electron chi connectivity index (χ4n) is 3.18. The Bertz CT molecular complexity index is 433. The Labute approximate surface area is 129 Å². The molecule has 3 heteroatoms. The summed E-state index contributed by atoms with van der Waals surface area (Å²) in [6.45, 7) is 9.23. The lowest BCUT2D eigenvalue weighted by atomic mass is 10.0. The van der Waals surface area contributed by atoms with Crippen molar-refractivity contribution in [2.75, 3.05) is 33.4 Å². The summed E-state index contributed by atoms with van der Waals surface area (Å²) >= 11 is 0. The van der Waals surface area contributed by atoms with Crippen molar-refractivity contribution in [2.24, 2.45) is 5.92 Å². The minimum absolute atomic E-state index is 0.780. The lowest BCUT2D eigenvalue weighted by molar-refractivity contribution is -0.908. The Morgan fingerprint density at radius 3 is 2.86 bits per heavy atom. The third-order valence-corrected chi connectivity index (χ3v) is 4.37. The number of benzene rings is 1. The van der Waals surface area contributed by atoms with Crippen molar-refractivity contribution in [3.8, 4) is 11.5 Å². The van der Waals surface area contributed by atoms with E-state index in [-0.39, 0.29) is 0 Å². The molecule has 0 aromatic heterocycles. The molecule has 1 aromatic carbocycles. The molecule has 2 atom stereocenters. The van der Waals surface area contributed by atoms with Gasteiger partial charge in [0.05, 0.1) is 33.4 Å².